The normalized spacial score (nSPS) is 21.0. The number of carbonyl (C=O) groups excluding carboxylic acids is 1. The molecule has 0 aliphatic heterocycles. The molecule has 0 radical (unpaired) electrons. The lowest BCUT2D eigenvalue weighted by Crippen LogP contribution is -2.43. The Bertz CT molecular complexity index is 785. The van der Waals surface area contributed by atoms with Crippen molar-refractivity contribution in [2.24, 2.45) is 20.0 Å². The van der Waals surface area contributed by atoms with Crippen LogP contribution in [-0.4, -0.2) is 31.3 Å². The minimum Gasteiger partial charge on any atom is -0.365 e. The van der Waals surface area contributed by atoms with Gasteiger partial charge in [0.05, 0.1) is 5.56 Å². The van der Waals surface area contributed by atoms with Gasteiger partial charge in [0.15, 0.2) is 0 Å². The number of hydrogen-bond acceptors (Lipinski definition) is 3. The minimum atomic E-state index is -0.107. The standard InChI is InChI=1S/C17H25N5O2/c1-11-13(8-9-18-11)16(23)19-14-7-5-4-6-12(14)10-15-20-22(3)17(24)21(15)2/h8-9,12,14,18H,4-7,10H2,1-3H3,(H,19,23)/t12-,14-/m1/s1. The molecule has 1 amide bonds. The molecule has 2 atom stereocenters. The highest BCUT2D eigenvalue weighted by Gasteiger charge is 2.29. The van der Waals surface area contributed by atoms with E-state index in [0.717, 1.165) is 37.2 Å². The minimum absolute atomic E-state index is 0.0273. The maximum Gasteiger partial charge on any atom is 0.345 e. The first-order chi connectivity index (χ1) is 11.5. The molecule has 130 valence electrons. The van der Waals surface area contributed by atoms with Crippen molar-refractivity contribution < 1.29 is 4.79 Å². The molecule has 0 aromatic carbocycles. The zero-order valence-corrected chi connectivity index (χ0v) is 14.5. The Balaban J connectivity index is 1.73. The van der Waals surface area contributed by atoms with Gasteiger partial charge in [0.2, 0.25) is 0 Å². The topological polar surface area (TPSA) is 84.7 Å². The molecule has 3 rings (SSSR count). The average molecular weight is 331 g/mol. The predicted molar refractivity (Wildman–Crippen MR) is 90.9 cm³/mol. The quantitative estimate of drug-likeness (QED) is 0.885. The third-order valence-electron chi connectivity index (χ3n) is 5.09. The molecule has 0 saturated heterocycles. The monoisotopic (exact) mass is 331 g/mol. The summed E-state index contributed by atoms with van der Waals surface area (Å²) in [5.74, 6) is 1.06. The highest BCUT2D eigenvalue weighted by molar-refractivity contribution is 5.95. The number of aromatic nitrogens is 4. The zero-order valence-electron chi connectivity index (χ0n) is 14.5. The van der Waals surface area contributed by atoms with Crippen molar-refractivity contribution in [1.82, 2.24) is 24.6 Å². The Hall–Kier alpha value is -2.31. The van der Waals surface area contributed by atoms with Crippen LogP contribution in [-0.2, 0) is 20.5 Å². The second-order valence-corrected chi connectivity index (χ2v) is 6.73. The molecule has 7 nitrogen and oxygen atoms in total. The number of aromatic amines is 1. The second kappa shape index (κ2) is 6.67. The van der Waals surface area contributed by atoms with E-state index in [1.165, 1.54) is 4.68 Å². The number of nitrogens with one attached hydrogen (secondary N) is 2. The van der Waals surface area contributed by atoms with Crippen LogP contribution < -0.4 is 11.0 Å². The van der Waals surface area contributed by atoms with Crippen molar-refractivity contribution in [3.8, 4) is 0 Å². The summed E-state index contributed by atoms with van der Waals surface area (Å²) in [7, 11) is 3.42. The summed E-state index contributed by atoms with van der Waals surface area (Å²) in [6.45, 7) is 1.90. The molecular formula is C17H25N5O2. The van der Waals surface area contributed by atoms with E-state index in [9.17, 15) is 9.59 Å². The van der Waals surface area contributed by atoms with E-state index < -0.39 is 0 Å². The molecule has 2 aromatic heterocycles. The first-order valence-corrected chi connectivity index (χ1v) is 8.51. The van der Waals surface area contributed by atoms with Gasteiger partial charge in [-0.3, -0.25) is 9.36 Å². The Labute approximate surface area is 141 Å². The molecule has 0 bridgehead atoms. The van der Waals surface area contributed by atoms with Crippen molar-refractivity contribution in [1.29, 1.82) is 0 Å². The van der Waals surface area contributed by atoms with Crippen LogP contribution in [0.4, 0.5) is 0 Å². The van der Waals surface area contributed by atoms with Crippen LogP contribution in [0.25, 0.3) is 0 Å². The van der Waals surface area contributed by atoms with Crippen LogP contribution in [0.1, 0.15) is 47.6 Å². The number of nitrogens with zero attached hydrogens (tertiary/aromatic N) is 3. The van der Waals surface area contributed by atoms with Gasteiger partial charge in [0.25, 0.3) is 5.91 Å². The summed E-state index contributed by atoms with van der Waals surface area (Å²) in [6, 6.07) is 1.93. The SMILES string of the molecule is Cc1[nH]ccc1C(=O)N[C@@H]1CCCC[C@@H]1Cc1nn(C)c(=O)n1C. The van der Waals surface area contributed by atoms with Gasteiger partial charge in [-0.15, -0.1) is 0 Å². The Kier molecular flexibility index (Phi) is 4.59. The number of H-pyrrole nitrogens is 1. The van der Waals surface area contributed by atoms with Crippen molar-refractivity contribution in [3.05, 3.63) is 39.8 Å². The molecule has 24 heavy (non-hydrogen) atoms. The van der Waals surface area contributed by atoms with Crippen LogP contribution >= 0.6 is 0 Å². The fourth-order valence-corrected chi connectivity index (χ4v) is 3.61. The maximum absolute atomic E-state index is 12.5. The van der Waals surface area contributed by atoms with E-state index >= 15 is 0 Å². The molecule has 7 heteroatoms. The van der Waals surface area contributed by atoms with Crippen LogP contribution in [0.5, 0.6) is 0 Å². The molecule has 2 N–H and O–H groups in total. The Morgan fingerprint density at radius 3 is 2.75 bits per heavy atom. The predicted octanol–water partition coefficient (Wildman–Crippen LogP) is 1.29. The van der Waals surface area contributed by atoms with Crippen LogP contribution in [0.15, 0.2) is 17.1 Å². The van der Waals surface area contributed by atoms with E-state index in [1.54, 1.807) is 24.9 Å². The number of hydrogen-bond donors (Lipinski definition) is 2. The third-order valence-corrected chi connectivity index (χ3v) is 5.09. The molecule has 2 heterocycles. The number of aryl methyl sites for hydroxylation is 2. The second-order valence-electron chi connectivity index (χ2n) is 6.73. The van der Waals surface area contributed by atoms with E-state index in [0.29, 0.717) is 17.9 Å². The van der Waals surface area contributed by atoms with Crippen LogP contribution in [0.2, 0.25) is 0 Å². The Morgan fingerprint density at radius 2 is 2.12 bits per heavy atom. The summed E-state index contributed by atoms with van der Waals surface area (Å²) in [6.07, 6.45) is 6.79. The number of amides is 1. The van der Waals surface area contributed by atoms with E-state index in [1.807, 2.05) is 13.0 Å². The van der Waals surface area contributed by atoms with Gasteiger partial charge >= 0.3 is 5.69 Å². The molecule has 1 fully saturated rings. The maximum atomic E-state index is 12.5. The van der Waals surface area contributed by atoms with Crippen LogP contribution in [0.3, 0.4) is 0 Å². The van der Waals surface area contributed by atoms with Gasteiger partial charge < -0.3 is 10.3 Å². The van der Waals surface area contributed by atoms with Gasteiger partial charge in [0.1, 0.15) is 5.82 Å². The number of rotatable bonds is 4. The average Bonchev–Trinajstić information content (AvgIpc) is 3.09. The highest BCUT2D eigenvalue weighted by Crippen LogP contribution is 2.27. The summed E-state index contributed by atoms with van der Waals surface area (Å²) in [4.78, 5) is 27.4. The lowest BCUT2D eigenvalue weighted by atomic mass is 9.82. The smallest absolute Gasteiger partial charge is 0.345 e. The molecule has 1 saturated carbocycles. The van der Waals surface area contributed by atoms with Crippen LogP contribution in [0, 0.1) is 12.8 Å². The van der Waals surface area contributed by atoms with Gasteiger partial charge in [-0.05, 0) is 31.7 Å². The van der Waals surface area contributed by atoms with Gasteiger partial charge in [-0.2, -0.15) is 5.10 Å². The van der Waals surface area contributed by atoms with Gasteiger partial charge in [0, 0.05) is 38.4 Å². The number of carbonyl (C=O) groups is 1. The molecule has 1 aliphatic carbocycles. The van der Waals surface area contributed by atoms with Gasteiger partial charge in [-0.1, -0.05) is 12.8 Å². The highest BCUT2D eigenvalue weighted by atomic mass is 16.2. The largest absolute Gasteiger partial charge is 0.365 e. The molecule has 2 aromatic rings. The van der Waals surface area contributed by atoms with E-state index in [-0.39, 0.29) is 17.6 Å². The van der Waals surface area contributed by atoms with Gasteiger partial charge in [-0.25, -0.2) is 9.48 Å². The summed E-state index contributed by atoms with van der Waals surface area (Å²) in [5.41, 5.74) is 1.47. The third kappa shape index (κ3) is 3.16. The first-order valence-electron chi connectivity index (χ1n) is 8.51. The molecule has 1 aliphatic rings. The Morgan fingerprint density at radius 1 is 1.38 bits per heavy atom. The molecule has 0 spiro atoms. The fourth-order valence-electron chi connectivity index (χ4n) is 3.61. The lowest BCUT2D eigenvalue weighted by molar-refractivity contribution is 0.0904. The van der Waals surface area contributed by atoms with E-state index in [4.69, 9.17) is 0 Å². The van der Waals surface area contributed by atoms with E-state index in [2.05, 4.69) is 15.4 Å². The summed E-state index contributed by atoms with van der Waals surface area (Å²) < 4.78 is 2.97. The van der Waals surface area contributed by atoms with Crippen molar-refractivity contribution in [3.63, 3.8) is 0 Å². The molecular weight excluding hydrogens is 306 g/mol. The fraction of sp³-hybridized carbons (Fsp3) is 0.588. The summed E-state index contributed by atoms with van der Waals surface area (Å²) in [5, 5.41) is 7.52. The lowest BCUT2D eigenvalue weighted by Gasteiger charge is -2.32. The van der Waals surface area contributed by atoms with Crippen molar-refractivity contribution in [2.45, 2.75) is 45.1 Å². The van der Waals surface area contributed by atoms with Crippen molar-refractivity contribution >= 4 is 5.91 Å². The zero-order chi connectivity index (χ0) is 17.3. The molecule has 0 unspecified atom stereocenters. The summed E-state index contributed by atoms with van der Waals surface area (Å²) >= 11 is 0. The van der Waals surface area contributed by atoms with Crippen molar-refractivity contribution in [2.75, 3.05) is 0 Å². The first kappa shape index (κ1) is 16.5.